The topological polar surface area (TPSA) is 62.4 Å². The number of ether oxygens (including phenoxy) is 1. The summed E-state index contributed by atoms with van der Waals surface area (Å²) >= 11 is 5.22. The average Bonchev–Trinajstić information content (AvgIpc) is 2.64. The van der Waals surface area contributed by atoms with Gasteiger partial charge >= 0.3 is 6.61 Å². The molecule has 1 atom stereocenters. The molecule has 0 saturated carbocycles. The molecule has 2 aromatic rings. The van der Waals surface area contributed by atoms with E-state index in [0.717, 1.165) is 11.1 Å². The number of benzene rings is 2. The summed E-state index contributed by atoms with van der Waals surface area (Å²) in [6, 6.07) is 11.2. The Kier molecular flexibility index (Phi) is 6.12. The molecule has 3 N–H and O–H groups in total. The molecule has 0 spiro atoms. The van der Waals surface area contributed by atoms with Crippen LogP contribution in [-0.4, -0.2) is 17.6 Å². The summed E-state index contributed by atoms with van der Waals surface area (Å²) in [6.45, 7) is 2.61. The van der Waals surface area contributed by atoms with Gasteiger partial charge in [0.1, 0.15) is 5.75 Å². The van der Waals surface area contributed by atoms with Crippen LogP contribution in [0.15, 0.2) is 53.7 Å². The molecule has 0 aliphatic carbocycles. The number of hydrogen-bond donors (Lipinski definition) is 3. The second kappa shape index (κ2) is 8.57. The Bertz CT molecular complexity index is 992. The summed E-state index contributed by atoms with van der Waals surface area (Å²) in [4.78, 5) is 13.2. The summed E-state index contributed by atoms with van der Waals surface area (Å²) in [5, 5.41) is 9.14. The maximum atomic E-state index is 13.2. The van der Waals surface area contributed by atoms with Gasteiger partial charge in [0.05, 0.1) is 11.6 Å². The van der Waals surface area contributed by atoms with Crippen molar-refractivity contribution in [2.24, 2.45) is 0 Å². The van der Waals surface area contributed by atoms with Crippen LogP contribution in [0.5, 0.6) is 5.75 Å². The minimum absolute atomic E-state index is 0.0189. The fraction of sp³-hybridized carbons (Fsp3) is 0.238. The van der Waals surface area contributed by atoms with Crippen LogP contribution >= 0.6 is 12.2 Å². The molecule has 1 amide bonds. The van der Waals surface area contributed by atoms with Gasteiger partial charge in [-0.3, -0.25) is 4.79 Å². The van der Waals surface area contributed by atoms with Crippen molar-refractivity contribution in [3.63, 3.8) is 0 Å². The number of anilines is 1. The third-order valence-corrected chi connectivity index (χ3v) is 5.03. The Hall–Kier alpha value is -3.00. The Labute approximate surface area is 173 Å². The van der Waals surface area contributed by atoms with Gasteiger partial charge in [-0.05, 0) is 56.2 Å². The lowest BCUT2D eigenvalue weighted by atomic mass is 9.94. The molecule has 152 valence electrons. The van der Waals surface area contributed by atoms with Crippen molar-refractivity contribution in [2.75, 3.05) is 5.32 Å². The molecule has 2 aromatic carbocycles. The SMILES string of the molecule is CC1=C(C(=O)Nc2cccc(C)c2C)[C@H](c2ccccc2OC(F)F)NC(=S)N1. The third kappa shape index (κ3) is 4.54. The quantitative estimate of drug-likeness (QED) is 0.632. The Morgan fingerprint density at radius 1 is 1.14 bits per heavy atom. The van der Waals surface area contributed by atoms with E-state index in [0.29, 0.717) is 27.6 Å². The van der Waals surface area contributed by atoms with Gasteiger partial charge in [-0.15, -0.1) is 0 Å². The van der Waals surface area contributed by atoms with Crippen LogP contribution < -0.4 is 20.7 Å². The highest BCUT2D eigenvalue weighted by Crippen LogP contribution is 2.34. The lowest BCUT2D eigenvalue weighted by Crippen LogP contribution is -2.46. The van der Waals surface area contributed by atoms with Crippen LogP contribution in [0.3, 0.4) is 0 Å². The van der Waals surface area contributed by atoms with Crippen LogP contribution in [0.4, 0.5) is 14.5 Å². The fourth-order valence-electron chi connectivity index (χ4n) is 3.23. The summed E-state index contributed by atoms with van der Waals surface area (Å²) in [6.07, 6.45) is 0. The smallest absolute Gasteiger partial charge is 0.387 e. The number of thiocarbonyl (C=S) groups is 1. The molecule has 0 saturated heterocycles. The van der Waals surface area contributed by atoms with Crippen LogP contribution in [0.2, 0.25) is 0 Å². The van der Waals surface area contributed by atoms with Gasteiger partial charge in [0.15, 0.2) is 5.11 Å². The minimum atomic E-state index is -2.98. The lowest BCUT2D eigenvalue weighted by Gasteiger charge is -2.31. The second-order valence-corrected chi connectivity index (χ2v) is 7.10. The van der Waals surface area contributed by atoms with E-state index in [1.165, 1.54) is 6.07 Å². The number of carbonyl (C=O) groups excluding carboxylic acids is 1. The van der Waals surface area contributed by atoms with Crippen molar-refractivity contribution in [1.82, 2.24) is 10.6 Å². The van der Waals surface area contributed by atoms with Crippen LogP contribution in [0.25, 0.3) is 0 Å². The number of halogens is 2. The molecule has 1 aliphatic rings. The van der Waals surface area contributed by atoms with E-state index in [4.69, 9.17) is 12.2 Å². The van der Waals surface area contributed by atoms with Crippen LogP contribution in [0, 0.1) is 13.8 Å². The summed E-state index contributed by atoms with van der Waals surface area (Å²) in [7, 11) is 0. The molecule has 1 heterocycles. The maximum Gasteiger partial charge on any atom is 0.387 e. The number of carbonyl (C=O) groups is 1. The third-order valence-electron chi connectivity index (χ3n) is 4.81. The predicted octanol–water partition coefficient (Wildman–Crippen LogP) is 4.34. The first-order valence-electron chi connectivity index (χ1n) is 8.97. The van der Waals surface area contributed by atoms with Gasteiger partial charge in [0.25, 0.3) is 5.91 Å². The van der Waals surface area contributed by atoms with Gasteiger partial charge in [0, 0.05) is 16.9 Å². The lowest BCUT2D eigenvalue weighted by molar-refractivity contribution is -0.113. The summed E-state index contributed by atoms with van der Waals surface area (Å²) < 4.78 is 30.4. The zero-order valence-electron chi connectivity index (χ0n) is 16.2. The van der Waals surface area contributed by atoms with Gasteiger partial charge in [0.2, 0.25) is 0 Å². The van der Waals surface area contributed by atoms with Crippen LogP contribution in [-0.2, 0) is 4.79 Å². The number of hydrogen-bond acceptors (Lipinski definition) is 3. The minimum Gasteiger partial charge on any atom is -0.434 e. The largest absolute Gasteiger partial charge is 0.434 e. The van der Waals surface area contributed by atoms with Crippen LogP contribution in [0.1, 0.15) is 29.7 Å². The number of rotatable bonds is 5. The molecule has 0 bridgehead atoms. The Balaban J connectivity index is 2.01. The summed E-state index contributed by atoms with van der Waals surface area (Å²) in [5.74, 6) is -0.384. The van der Waals surface area contributed by atoms with Gasteiger partial charge in [-0.2, -0.15) is 8.78 Å². The molecular formula is C21H21F2N3O2S. The molecule has 0 fully saturated rings. The van der Waals surface area contributed by atoms with E-state index in [2.05, 4.69) is 20.7 Å². The van der Waals surface area contributed by atoms with E-state index in [1.807, 2.05) is 32.0 Å². The van der Waals surface area contributed by atoms with E-state index >= 15 is 0 Å². The molecule has 5 nitrogen and oxygen atoms in total. The van der Waals surface area contributed by atoms with Gasteiger partial charge in [-0.25, -0.2) is 0 Å². The number of alkyl halides is 2. The normalized spacial score (nSPS) is 16.3. The molecule has 0 aromatic heterocycles. The maximum absolute atomic E-state index is 13.2. The molecule has 3 rings (SSSR count). The zero-order valence-corrected chi connectivity index (χ0v) is 17.0. The van der Waals surface area contributed by atoms with Crippen molar-refractivity contribution < 1.29 is 18.3 Å². The molecule has 8 heteroatoms. The molecule has 29 heavy (non-hydrogen) atoms. The number of allylic oxidation sites excluding steroid dienone is 1. The first kappa shape index (κ1) is 20.7. The predicted molar refractivity (Wildman–Crippen MR) is 112 cm³/mol. The van der Waals surface area contributed by atoms with Crippen molar-refractivity contribution in [3.05, 3.63) is 70.4 Å². The van der Waals surface area contributed by atoms with Gasteiger partial charge in [-0.1, -0.05) is 30.3 Å². The van der Waals surface area contributed by atoms with Crippen molar-refractivity contribution in [1.29, 1.82) is 0 Å². The fourth-order valence-corrected chi connectivity index (χ4v) is 3.50. The highest BCUT2D eigenvalue weighted by atomic mass is 32.1. The highest BCUT2D eigenvalue weighted by Gasteiger charge is 2.32. The second-order valence-electron chi connectivity index (χ2n) is 6.69. The molecule has 0 unspecified atom stereocenters. The molecule has 0 radical (unpaired) electrons. The van der Waals surface area contributed by atoms with Crippen molar-refractivity contribution in [3.8, 4) is 5.75 Å². The monoisotopic (exact) mass is 417 g/mol. The Morgan fingerprint density at radius 3 is 2.59 bits per heavy atom. The first-order valence-corrected chi connectivity index (χ1v) is 9.38. The van der Waals surface area contributed by atoms with Crippen molar-refractivity contribution >= 4 is 28.9 Å². The van der Waals surface area contributed by atoms with Gasteiger partial charge < -0.3 is 20.7 Å². The number of nitrogens with one attached hydrogen (secondary N) is 3. The highest BCUT2D eigenvalue weighted by molar-refractivity contribution is 7.80. The number of aryl methyl sites for hydroxylation is 1. The zero-order chi connectivity index (χ0) is 21.1. The first-order chi connectivity index (χ1) is 13.8. The van der Waals surface area contributed by atoms with E-state index in [9.17, 15) is 13.6 Å². The average molecular weight is 417 g/mol. The number of para-hydroxylation sites is 1. The molecule has 1 aliphatic heterocycles. The van der Waals surface area contributed by atoms with Crippen molar-refractivity contribution in [2.45, 2.75) is 33.4 Å². The van der Waals surface area contributed by atoms with E-state index < -0.39 is 12.7 Å². The standard InChI is InChI=1S/C21H21F2N3O2S/c1-11-7-6-9-15(12(11)2)25-19(27)17-13(3)24-21(29)26-18(17)14-8-4-5-10-16(14)28-20(22)23/h4-10,18,20H,1-3H3,(H,25,27)(H2,24,26,29)/t18-/m0/s1. The van der Waals surface area contributed by atoms with E-state index in [-0.39, 0.29) is 11.7 Å². The molecular weight excluding hydrogens is 396 g/mol. The van der Waals surface area contributed by atoms with E-state index in [1.54, 1.807) is 25.1 Å². The summed E-state index contributed by atoms with van der Waals surface area (Å²) in [5.41, 5.74) is 3.94. The Morgan fingerprint density at radius 2 is 1.86 bits per heavy atom. The number of amides is 1.